The van der Waals surface area contributed by atoms with Gasteiger partial charge in [-0.2, -0.15) is 0 Å². The quantitative estimate of drug-likeness (QED) is 0.585. The van der Waals surface area contributed by atoms with Gasteiger partial charge in [-0.3, -0.25) is 0 Å². The Balaban J connectivity index is 2.45. The Bertz CT molecular complexity index is 111. The van der Waals surface area contributed by atoms with Gasteiger partial charge >= 0.3 is 70.3 Å². The van der Waals surface area contributed by atoms with Gasteiger partial charge in [0.25, 0.3) is 0 Å². The summed E-state index contributed by atoms with van der Waals surface area (Å²) in [6.07, 6.45) is 8.01. The third-order valence-corrected chi connectivity index (χ3v) is 5.80. The number of hydrogen-bond acceptors (Lipinski definition) is 0. The fourth-order valence-corrected chi connectivity index (χ4v) is 3.35. The SMILES string of the molecule is [CH3][Ba][C]1=CC=CC1. The van der Waals surface area contributed by atoms with Gasteiger partial charge in [-0.05, 0) is 0 Å². The topological polar surface area (TPSA) is 0 Å². The van der Waals surface area contributed by atoms with Crippen LogP contribution in [0.1, 0.15) is 6.42 Å². The maximum absolute atomic E-state index is 2.42. The molecule has 1 aliphatic rings. The minimum atomic E-state index is -0.427. The van der Waals surface area contributed by atoms with Gasteiger partial charge in [0, 0.05) is 0 Å². The first-order chi connectivity index (χ1) is 3.43. The number of rotatable bonds is 1. The van der Waals surface area contributed by atoms with Crippen LogP contribution >= 0.6 is 0 Å². The molecular formula is C6H8Ba. The molecule has 0 atom stereocenters. The molecule has 0 amide bonds. The molecule has 0 nitrogen and oxygen atoms in total. The monoisotopic (exact) mass is 218 g/mol. The van der Waals surface area contributed by atoms with Crippen molar-refractivity contribution in [2.24, 2.45) is 0 Å². The standard InChI is InChI=1S/C5H5.CH3.Ba/c1-2-4-5-3-1;;/h1-3H,4H2;1H3;. The number of allylic oxidation sites excluding steroid dienone is 4. The van der Waals surface area contributed by atoms with Crippen LogP contribution in [0.4, 0.5) is 0 Å². The van der Waals surface area contributed by atoms with Crippen molar-refractivity contribution in [3.8, 4) is 0 Å². The van der Waals surface area contributed by atoms with Crippen LogP contribution < -0.4 is 0 Å². The Morgan fingerprint density at radius 2 is 2.57 bits per heavy atom. The molecule has 0 N–H and O–H groups in total. The zero-order valence-corrected chi connectivity index (χ0v) is 9.09. The molecule has 0 aliphatic heterocycles. The molecule has 34 valence electrons. The third-order valence-electron chi connectivity index (χ3n) is 1.30. The fraction of sp³-hybridized carbons (Fsp3) is 0.333. The van der Waals surface area contributed by atoms with Crippen LogP contribution in [-0.4, -0.2) is 44.2 Å². The predicted octanol–water partition coefficient (Wildman–Crippen LogP) is 1.58. The molecule has 1 heteroatoms. The average molecular weight is 217 g/mol. The summed E-state index contributed by atoms with van der Waals surface area (Å²) in [5.74, 6) is 0. The molecule has 0 aromatic rings. The summed E-state index contributed by atoms with van der Waals surface area (Å²) in [4.78, 5) is 0. The molecule has 0 radical (unpaired) electrons. The van der Waals surface area contributed by atoms with Crippen molar-refractivity contribution in [3.05, 3.63) is 18.3 Å². The van der Waals surface area contributed by atoms with Gasteiger partial charge in [0.15, 0.2) is 0 Å². The van der Waals surface area contributed by atoms with E-state index in [1.165, 1.54) is 6.42 Å². The van der Waals surface area contributed by atoms with Crippen LogP contribution in [0.15, 0.2) is 18.3 Å². The summed E-state index contributed by atoms with van der Waals surface area (Å²) in [7, 11) is 0. The second-order valence-electron chi connectivity index (χ2n) is 1.81. The van der Waals surface area contributed by atoms with Crippen molar-refractivity contribution < 1.29 is 0 Å². The summed E-state index contributed by atoms with van der Waals surface area (Å²) >= 11 is -0.427. The van der Waals surface area contributed by atoms with Crippen LogP contribution in [0, 0.1) is 0 Å². The molecule has 0 bridgehead atoms. The summed E-state index contributed by atoms with van der Waals surface area (Å²) in [6, 6.07) is 0. The molecule has 0 saturated carbocycles. The van der Waals surface area contributed by atoms with Crippen molar-refractivity contribution in [2.75, 3.05) is 0 Å². The van der Waals surface area contributed by atoms with E-state index in [4.69, 9.17) is 0 Å². The van der Waals surface area contributed by atoms with E-state index >= 15 is 0 Å². The molecule has 0 aromatic heterocycles. The van der Waals surface area contributed by atoms with E-state index in [0.717, 1.165) is 0 Å². The van der Waals surface area contributed by atoms with Gasteiger partial charge in [0.2, 0.25) is 0 Å². The molecule has 1 rings (SSSR count). The Hall–Kier alpha value is 1.05. The first kappa shape index (κ1) is 6.18. The normalized spacial score (nSPS) is 16.4. The zero-order chi connectivity index (χ0) is 5.11. The second kappa shape index (κ2) is 3.15. The van der Waals surface area contributed by atoms with Gasteiger partial charge < -0.3 is 0 Å². The van der Waals surface area contributed by atoms with E-state index in [9.17, 15) is 0 Å². The van der Waals surface area contributed by atoms with Crippen molar-refractivity contribution in [1.82, 2.24) is 0 Å². The molecule has 1 aliphatic carbocycles. The van der Waals surface area contributed by atoms with Crippen LogP contribution in [0.3, 0.4) is 0 Å². The Kier molecular flexibility index (Phi) is 2.78. The van der Waals surface area contributed by atoms with Crippen molar-refractivity contribution in [3.63, 3.8) is 0 Å². The van der Waals surface area contributed by atoms with E-state index in [1.54, 1.807) is 0.0410 Å². The van der Waals surface area contributed by atoms with E-state index in [1.807, 2.05) is 0 Å². The Morgan fingerprint density at radius 1 is 1.71 bits per heavy atom. The molecule has 0 fully saturated rings. The maximum atomic E-state index is 2.42. The van der Waals surface area contributed by atoms with Crippen LogP contribution in [0.5, 0.6) is 0 Å². The molecular weight excluding hydrogens is 209 g/mol. The van der Waals surface area contributed by atoms with Crippen molar-refractivity contribution >= 4 is 44.2 Å². The van der Waals surface area contributed by atoms with Gasteiger partial charge in [-0.25, -0.2) is 0 Å². The van der Waals surface area contributed by atoms with E-state index in [0.29, 0.717) is 0 Å². The summed E-state index contributed by atoms with van der Waals surface area (Å²) in [5, 5.41) is 0. The van der Waals surface area contributed by atoms with Gasteiger partial charge in [0.1, 0.15) is 0 Å². The van der Waals surface area contributed by atoms with E-state index in [2.05, 4.69) is 19.6 Å². The summed E-state index contributed by atoms with van der Waals surface area (Å²) < 4.78 is 4.19. The van der Waals surface area contributed by atoms with Gasteiger partial charge in [-0.15, -0.1) is 0 Å². The molecule has 0 unspecified atom stereocenters. The first-order valence-corrected chi connectivity index (χ1v) is 9.44. The zero-order valence-electron chi connectivity index (χ0n) is 4.65. The Morgan fingerprint density at radius 3 is 2.86 bits per heavy atom. The second-order valence-corrected chi connectivity index (χ2v) is 6.88. The first-order valence-electron chi connectivity index (χ1n) is 2.78. The number of hydrogen-bond donors (Lipinski definition) is 0. The predicted molar refractivity (Wildman–Crippen MR) is 33.5 cm³/mol. The molecule has 0 aromatic carbocycles. The summed E-state index contributed by atoms with van der Waals surface area (Å²) in [6.45, 7) is 0. The van der Waals surface area contributed by atoms with Crippen LogP contribution in [0.2, 0.25) is 1.39 Å². The molecule has 0 saturated heterocycles. The minimum absolute atomic E-state index is 0.427. The average Bonchev–Trinajstić information content (AvgIpc) is 2.14. The van der Waals surface area contributed by atoms with E-state index in [-0.39, 0.29) is 0 Å². The van der Waals surface area contributed by atoms with E-state index < -0.39 is 44.2 Å². The summed E-state index contributed by atoms with van der Waals surface area (Å²) in [5.41, 5.74) is 0. The van der Waals surface area contributed by atoms with Crippen molar-refractivity contribution in [1.29, 1.82) is 0 Å². The third kappa shape index (κ3) is 1.78. The van der Waals surface area contributed by atoms with Crippen LogP contribution in [0.25, 0.3) is 0 Å². The molecule has 0 heterocycles. The van der Waals surface area contributed by atoms with Crippen LogP contribution in [-0.2, 0) is 0 Å². The Labute approximate surface area is 69.0 Å². The molecule has 0 spiro atoms. The van der Waals surface area contributed by atoms with Crippen molar-refractivity contribution in [2.45, 2.75) is 7.81 Å². The fourth-order valence-electron chi connectivity index (χ4n) is 0.754. The van der Waals surface area contributed by atoms with Gasteiger partial charge in [-0.1, -0.05) is 0 Å². The van der Waals surface area contributed by atoms with Gasteiger partial charge in [0.05, 0.1) is 0 Å². The molecule has 7 heavy (non-hydrogen) atoms.